The molecule has 8 nitrogen and oxygen atoms in total. The highest BCUT2D eigenvalue weighted by molar-refractivity contribution is 8.18. The number of carbonyl (C=O) groups is 3. The number of carboxylic acid groups (broad SMARTS) is 1. The van der Waals surface area contributed by atoms with Gasteiger partial charge in [0.2, 0.25) is 0 Å². The largest absolute Gasteiger partial charge is 0.496 e. The van der Waals surface area contributed by atoms with Crippen LogP contribution in [-0.4, -0.2) is 55.0 Å². The molecular weight excluding hydrogens is 338 g/mol. The number of carboxylic acids is 1. The van der Waals surface area contributed by atoms with Crippen molar-refractivity contribution in [2.75, 3.05) is 27.9 Å². The summed E-state index contributed by atoms with van der Waals surface area (Å²) in [7, 11) is 4.38. The molecular formula is C15H15NO7S. The predicted octanol–water partition coefficient (Wildman–Crippen LogP) is 1.83. The number of imide groups is 1. The number of methoxy groups -OCH3 is 3. The molecule has 1 fully saturated rings. The monoisotopic (exact) mass is 353 g/mol. The fourth-order valence-electron chi connectivity index (χ4n) is 2.08. The van der Waals surface area contributed by atoms with Crippen LogP contribution in [0.2, 0.25) is 0 Å². The zero-order chi connectivity index (χ0) is 17.9. The summed E-state index contributed by atoms with van der Waals surface area (Å²) in [4.78, 5) is 35.5. The SMILES string of the molecule is COc1cc(OC)c(C=C2SC(=O)N(CC(=O)O)C2=O)c(OC)c1. The van der Waals surface area contributed by atoms with Gasteiger partial charge in [0.25, 0.3) is 11.1 Å². The van der Waals surface area contributed by atoms with E-state index in [0.29, 0.717) is 39.5 Å². The molecule has 1 aliphatic rings. The Balaban J connectivity index is 2.46. The first-order valence-electron chi connectivity index (χ1n) is 6.68. The minimum atomic E-state index is -1.27. The molecule has 0 saturated carbocycles. The summed E-state index contributed by atoms with van der Waals surface area (Å²) < 4.78 is 15.7. The highest BCUT2D eigenvalue weighted by Crippen LogP contribution is 2.39. The van der Waals surface area contributed by atoms with Gasteiger partial charge >= 0.3 is 5.97 Å². The lowest BCUT2D eigenvalue weighted by Gasteiger charge is -2.13. The lowest BCUT2D eigenvalue weighted by atomic mass is 10.1. The van der Waals surface area contributed by atoms with Crippen LogP contribution in [0.25, 0.3) is 6.08 Å². The number of amides is 2. The van der Waals surface area contributed by atoms with E-state index in [4.69, 9.17) is 19.3 Å². The highest BCUT2D eigenvalue weighted by atomic mass is 32.2. The Kier molecular flexibility index (Phi) is 5.35. The van der Waals surface area contributed by atoms with Gasteiger partial charge < -0.3 is 19.3 Å². The third-order valence-corrected chi connectivity index (χ3v) is 4.10. The Morgan fingerprint density at radius 3 is 2.21 bits per heavy atom. The third kappa shape index (κ3) is 3.46. The number of ether oxygens (including phenoxy) is 3. The molecule has 2 amide bonds. The predicted molar refractivity (Wildman–Crippen MR) is 86.4 cm³/mol. The number of aliphatic carboxylic acids is 1. The molecule has 1 N–H and O–H groups in total. The summed E-state index contributed by atoms with van der Waals surface area (Å²) in [6.07, 6.45) is 1.43. The van der Waals surface area contributed by atoms with Crippen LogP contribution >= 0.6 is 11.8 Å². The minimum Gasteiger partial charge on any atom is -0.496 e. The molecule has 0 spiro atoms. The van der Waals surface area contributed by atoms with Gasteiger partial charge in [0.1, 0.15) is 23.8 Å². The van der Waals surface area contributed by atoms with E-state index in [1.807, 2.05) is 0 Å². The Morgan fingerprint density at radius 1 is 1.17 bits per heavy atom. The quantitative estimate of drug-likeness (QED) is 0.773. The smallest absolute Gasteiger partial charge is 0.323 e. The van der Waals surface area contributed by atoms with E-state index in [1.54, 1.807) is 12.1 Å². The lowest BCUT2D eigenvalue weighted by Crippen LogP contribution is -2.33. The normalized spacial score (nSPS) is 15.8. The summed E-state index contributed by atoms with van der Waals surface area (Å²) in [5, 5.41) is 8.14. The minimum absolute atomic E-state index is 0.0861. The number of nitrogens with zero attached hydrogens (tertiary/aromatic N) is 1. The fourth-order valence-corrected chi connectivity index (χ4v) is 2.90. The molecule has 1 aliphatic heterocycles. The molecule has 128 valence electrons. The van der Waals surface area contributed by atoms with Gasteiger partial charge in [-0.25, -0.2) is 0 Å². The van der Waals surface area contributed by atoms with Gasteiger partial charge in [0.05, 0.1) is 31.8 Å². The molecule has 0 atom stereocenters. The van der Waals surface area contributed by atoms with Crippen LogP contribution in [0.1, 0.15) is 5.56 Å². The number of rotatable bonds is 6. The molecule has 1 saturated heterocycles. The van der Waals surface area contributed by atoms with Crippen molar-refractivity contribution in [3.63, 3.8) is 0 Å². The van der Waals surface area contributed by atoms with Crippen LogP contribution in [0.3, 0.4) is 0 Å². The summed E-state index contributed by atoms with van der Waals surface area (Å²) in [5.74, 6) is -0.669. The summed E-state index contributed by atoms with van der Waals surface area (Å²) in [5.41, 5.74) is 0.446. The number of thioether (sulfide) groups is 1. The summed E-state index contributed by atoms with van der Waals surface area (Å²) >= 11 is 0.660. The molecule has 0 aliphatic carbocycles. The number of carbonyl (C=O) groups excluding carboxylic acids is 2. The van der Waals surface area contributed by atoms with Crippen molar-refractivity contribution in [3.8, 4) is 17.2 Å². The van der Waals surface area contributed by atoms with Crippen molar-refractivity contribution >= 4 is 35.0 Å². The molecule has 0 aromatic heterocycles. The van der Waals surface area contributed by atoms with Gasteiger partial charge in [-0.3, -0.25) is 19.3 Å². The van der Waals surface area contributed by atoms with Gasteiger partial charge in [-0.05, 0) is 17.8 Å². The lowest BCUT2D eigenvalue weighted by molar-refractivity contribution is -0.140. The zero-order valence-corrected chi connectivity index (χ0v) is 14.0. The van der Waals surface area contributed by atoms with Crippen LogP contribution in [0.15, 0.2) is 17.0 Å². The molecule has 9 heteroatoms. The van der Waals surface area contributed by atoms with Gasteiger partial charge in [0.15, 0.2) is 0 Å². The number of benzene rings is 1. The first-order chi connectivity index (χ1) is 11.4. The van der Waals surface area contributed by atoms with Gasteiger partial charge in [-0.15, -0.1) is 0 Å². The van der Waals surface area contributed by atoms with Gasteiger partial charge in [0, 0.05) is 12.1 Å². The highest BCUT2D eigenvalue weighted by Gasteiger charge is 2.36. The van der Waals surface area contributed by atoms with Crippen LogP contribution < -0.4 is 14.2 Å². The second kappa shape index (κ2) is 7.26. The van der Waals surface area contributed by atoms with E-state index < -0.39 is 23.7 Å². The van der Waals surface area contributed by atoms with E-state index in [2.05, 4.69) is 0 Å². The molecule has 0 bridgehead atoms. The van der Waals surface area contributed by atoms with Crippen LogP contribution in [-0.2, 0) is 9.59 Å². The van der Waals surface area contributed by atoms with E-state index in [0.717, 1.165) is 0 Å². The van der Waals surface area contributed by atoms with Crippen molar-refractivity contribution in [2.24, 2.45) is 0 Å². The Bertz CT molecular complexity index is 704. The number of hydrogen-bond donors (Lipinski definition) is 1. The van der Waals surface area contributed by atoms with E-state index in [-0.39, 0.29) is 4.91 Å². The van der Waals surface area contributed by atoms with Crippen molar-refractivity contribution < 1.29 is 33.7 Å². The van der Waals surface area contributed by atoms with Crippen molar-refractivity contribution in [2.45, 2.75) is 0 Å². The van der Waals surface area contributed by atoms with Crippen molar-refractivity contribution in [3.05, 3.63) is 22.6 Å². The Hall–Kier alpha value is -2.68. The first kappa shape index (κ1) is 17.7. The molecule has 0 unspecified atom stereocenters. The Morgan fingerprint density at radius 2 is 1.75 bits per heavy atom. The molecule has 1 aromatic carbocycles. The van der Waals surface area contributed by atoms with E-state index in [9.17, 15) is 14.4 Å². The molecule has 0 radical (unpaired) electrons. The summed E-state index contributed by atoms with van der Waals surface area (Å²) in [6, 6.07) is 3.21. The van der Waals surface area contributed by atoms with Gasteiger partial charge in [-0.2, -0.15) is 0 Å². The fraction of sp³-hybridized carbons (Fsp3) is 0.267. The van der Waals surface area contributed by atoms with E-state index >= 15 is 0 Å². The zero-order valence-electron chi connectivity index (χ0n) is 13.2. The topological polar surface area (TPSA) is 102 Å². The van der Waals surface area contributed by atoms with Crippen molar-refractivity contribution in [1.29, 1.82) is 0 Å². The summed E-state index contributed by atoms with van der Waals surface area (Å²) in [6.45, 7) is -0.682. The second-order valence-electron chi connectivity index (χ2n) is 4.61. The molecule has 2 rings (SSSR count). The maximum absolute atomic E-state index is 12.2. The molecule has 1 heterocycles. The van der Waals surface area contributed by atoms with Crippen molar-refractivity contribution in [1.82, 2.24) is 4.90 Å². The second-order valence-corrected chi connectivity index (χ2v) is 5.60. The maximum Gasteiger partial charge on any atom is 0.323 e. The molecule has 1 aromatic rings. The van der Waals surface area contributed by atoms with E-state index in [1.165, 1.54) is 27.4 Å². The van der Waals surface area contributed by atoms with Crippen LogP contribution in [0.4, 0.5) is 4.79 Å². The van der Waals surface area contributed by atoms with Gasteiger partial charge in [-0.1, -0.05) is 0 Å². The maximum atomic E-state index is 12.2. The molecule has 24 heavy (non-hydrogen) atoms. The van der Waals surface area contributed by atoms with Crippen LogP contribution in [0.5, 0.6) is 17.2 Å². The number of hydrogen-bond acceptors (Lipinski definition) is 7. The Labute approximate surface area is 142 Å². The standard InChI is InChI=1S/C15H15NO7S/c1-21-8-4-10(22-2)9(11(5-8)23-3)6-12-14(19)16(7-13(17)18)15(20)24-12/h4-6H,7H2,1-3H3,(H,17,18). The third-order valence-electron chi connectivity index (χ3n) is 3.20. The average molecular weight is 353 g/mol. The van der Waals surface area contributed by atoms with Crippen LogP contribution in [0, 0.1) is 0 Å². The first-order valence-corrected chi connectivity index (χ1v) is 7.50. The average Bonchev–Trinajstić information content (AvgIpc) is 2.82.